The molecular formula is C19H26N4. The van der Waals surface area contributed by atoms with E-state index in [2.05, 4.69) is 50.9 Å². The minimum absolute atomic E-state index is 0.579. The molecule has 4 nitrogen and oxygen atoms in total. The minimum atomic E-state index is 0.579. The van der Waals surface area contributed by atoms with Crippen molar-refractivity contribution in [2.45, 2.75) is 51.5 Å². The Labute approximate surface area is 138 Å². The molecule has 23 heavy (non-hydrogen) atoms. The number of nitrogens with zero attached hydrogens (tertiary/aromatic N) is 2. The molecule has 1 aliphatic rings. The molecule has 0 radical (unpaired) electrons. The Morgan fingerprint density at radius 1 is 1.09 bits per heavy atom. The molecule has 1 fully saturated rings. The third kappa shape index (κ3) is 4.95. The van der Waals surface area contributed by atoms with Crippen LogP contribution in [0.1, 0.15) is 43.4 Å². The lowest BCUT2D eigenvalue weighted by Gasteiger charge is -2.14. The molecule has 3 rings (SSSR count). The van der Waals surface area contributed by atoms with Crippen molar-refractivity contribution in [2.75, 3.05) is 17.2 Å². The highest BCUT2D eigenvalue weighted by molar-refractivity contribution is 5.43. The van der Waals surface area contributed by atoms with Gasteiger partial charge in [0.15, 0.2) is 0 Å². The smallest absolute Gasteiger partial charge is 0.224 e. The molecule has 1 aromatic carbocycles. The molecule has 0 atom stereocenters. The lowest BCUT2D eigenvalue weighted by molar-refractivity contribution is 0.749. The Hall–Kier alpha value is -2.10. The largest absolute Gasteiger partial charge is 0.367 e. The second kappa shape index (κ2) is 7.95. The average molecular weight is 310 g/mol. The normalized spacial score (nSPS) is 14.8. The summed E-state index contributed by atoms with van der Waals surface area (Å²) in [6.45, 7) is 2.91. The number of hydrogen-bond acceptors (Lipinski definition) is 4. The van der Waals surface area contributed by atoms with Crippen LogP contribution < -0.4 is 10.6 Å². The first-order chi connectivity index (χ1) is 11.3. The fourth-order valence-corrected chi connectivity index (χ4v) is 3.14. The SMILES string of the molecule is Cc1cc(NC2CCCC2)nc(NCCCc2ccccc2)n1. The zero-order valence-electron chi connectivity index (χ0n) is 13.9. The number of hydrogen-bond donors (Lipinski definition) is 2. The van der Waals surface area contributed by atoms with Crippen LogP contribution in [0.4, 0.5) is 11.8 Å². The average Bonchev–Trinajstić information content (AvgIpc) is 3.05. The molecule has 1 aromatic heterocycles. The first kappa shape index (κ1) is 15.8. The monoisotopic (exact) mass is 310 g/mol. The van der Waals surface area contributed by atoms with E-state index in [-0.39, 0.29) is 0 Å². The molecule has 0 saturated heterocycles. The Morgan fingerprint density at radius 3 is 2.65 bits per heavy atom. The number of anilines is 2. The minimum Gasteiger partial charge on any atom is -0.367 e. The highest BCUT2D eigenvalue weighted by Gasteiger charge is 2.15. The van der Waals surface area contributed by atoms with Crippen molar-refractivity contribution in [3.63, 3.8) is 0 Å². The molecule has 0 spiro atoms. The van der Waals surface area contributed by atoms with E-state index in [1.807, 2.05) is 13.0 Å². The van der Waals surface area contributed by atoms with Crippen LogP contribution >= 0.6 is 0 Å². The molecule has 0 unspecified atom stereocenters. The van der Waals surface area contributed by atoms with E-state index in [0.717, 1.165) is 36.8 Å². The molecular weight excluding hydrogens is 284 g/mol. The standard InChI is InChI=1S/C19H26N4/c1-15-14-18(22-17-11-5-6-12-17)23-19(21-15)20-13-7-10-16-8-3-2-4-9-16/h2-4,8-9,14,17H,5-7,10-13H2,1H3,(H2,20,21,22,23). The summed E-state index contributed by atoms with van der Waals surface area (Å²) in [6, 6.07) is 13.2. The van der Waals surface area contributed by atoms with Crippen LogP contribution in [0.3, 0.4) is 0 Å². The van der Waals surface area contributed by atoms with Crippen LogP contribution in [0.25, 0.3) is 0 Å². The van der Waals surface area contributed by atoms with Gasteiger partial charge in [0.2, 0.25) is 5.95 Å². The van der Waals surface area contributed by atoms with Gasteiger partial charge >= 0.3 is 0 Å². The van der Waals surface area contributed by atoms with Gasteiger partial charge in [-0.05, 0) is 38.2 Å². The summed E-state index contributed by atoms with van der Waals surface area (Å²) in [5.41, 5.74) is 2.38. The zero-order chi connectivity index (χ0) is 15.9. The highest BCUT2D eigenvalue weighted by Crippen LogP contribution is 2.22. The molecule has 1 aliphatic carbocycles. The maximum Gasteiger partial charge on any atom is 0.224 e. The summed E-state index contributed by atoms with van der Waals surface area (Å²) in [5.74, 6) is 1.69. The third-order valence-corrected chi connectivity index (χ3v) is 4.33. The van der Waals surface area contributed by atoms with Gasteiger partial charge in [-0.25, -0.2) is 4.98 Å². The van der Waals surface area contributed by atoms with E-state index < -0.39 is 0 Å². The van der Waals surface area contributed by atoms with Crippen LogP contribution in [0, 0.1) is 6.92 Å². The van der Waals surface area contributed by atoms with Gasteiger partial charge in [0.05, 0.1) is 0 Å². The van der Waals surface area contributed by atoms with E-state index in [1.54, 1.807) is 0 Å². The van der Waals surface area contributed by atoms with E-state index in [0.29, 0.717) is 6.04 Å². The van der Waals surface area contributed by atoms with Gasteiger partial charge in [-0.3, -0.25) is 0 Å². The lowest BCUT2D eigenvalue weighted by Crippen LogP contribution is -2.17. The zero-order valence-corrected chi connectivity index (χ0v) is 13.9. The van der Waals surface area contributed by atoms with Crippen molar-refractivity contribution >= 4 is 11.8 Å². The maximum absolute atomic E-state index is 4.61. The van der Waals surface area contributed by atoms with Crippen LogP contribution in [0.2, 0.25) is 0 Å². The lowest BCUT2D eigenvalue weighted by atomic mass is 10.1. The Kier molecular flexibility index (Phi) is 5.46. The summed E-state index contributed by atoms with van der Waals surface area (Å²) in [7, 11) is 0. The molecule has 2 N–H and O–H groups in total. The van der Waals surface area contributed by atoms with Gasteiger partial charge < -0.3 is 10.6 Å². The molecule has 0 aliphatic heterocycles. The molecule has 0 bridgehead atoms. The number of aryl methyl sites for hydroxylation is 2. The summed E-state index contributed by atoms with van der Waals surface area (Å²) >= 11 is 0. The summed E-state index contributed by atoms with van der Waals surface area (Å²) in [5, 5.41) is 6.91. The van der Waals surface area contributed by atoms with Crippen LogP contribution in [0.15, 0.2) is 36.4 Å². The molecule has 4 heteroatoms. The van der Waals surface area contributed by atoms with Crippen molar-refractivity contribution in [1.29, 1.82) is 0 Å². The molecule has 2 aromatic rings. The van der Waals surface area contributed by atoms with E-state index in [9.17, 15) is 0 Å². The predicted octanol–water partition coefficient (Wildman–Crippen LogP) is 4.18. The Balaban J connectivity index is 1.49. The van der Waals surface area contributed by atoms with Crippen molar-refractivity contribution < 1.29 is 0 Å². The van der Waals surface area contributed by atoms with Gasteiger partial charge in [0.25, 0.3) is 0 Å². The van der Waals surface area contributed by atoms with E-state index in [1.165, 1.54) is 31.2 Å². The highest BCUT2D eigenvalue weighted by atomic mass is 15.1. The van der Waals surface area contributed by atoms with Crippen molar-refractivity contribution in [3.05, 3.63) is 47.7 Å². The second-order valence-corrected chi connectivity index (χ2v) is 6.36. The van der Waals surface area contributed by atoms with Crippen LogP contribution in [0.5, 0.6) is 0 Å². The number of nitrogens with one attached hydrogen (secondary N) is 2. The van der Waals surface area contributed by atoms with Crippen molar-refractivity contribution in [3.8, 4) is 0 Å². The third-order valence-electron chi connectivity index (χ3n) is 4.33. The molecule has 0 amide bonds. The van der Waals surface area contributed by atoms with E-state index >= 15 is 0 Å². The molecule has 1 saturated carbocycles. The quantitative estimate of drug-likeness (QED) is 0.753. The summed E-state index contributed by atoms with van der Waals surface area (Å²) in [6.07, 6.45) is 7.31. The Morgan fingerprint density at radius 2 is 1.87 bits per heavy atom. The first-order valence-electron chi connectivity index (χ1n) is 8.69. The fourth-order valence-electron chi connectivity index (χ4n) is 3.14. The molecule has 122 valence electrons. The van der Waals surface area contributed by atoms with Crippen molar-refractivity contribution in [1.82, 2.24) is 9.97 Å². The summed E-state index contributed by atoms with van der Waals surface area (Å²) in [4.78, 5) is 9.10. The van der Waals surface area contributed by atoms with Crippen LogP contribution in [-0.4, -0.2) is 22.6 Å². The van der Waals surface area contributed by atoms with Gasteiger partial charge in [-0.15, -0.1) is 0 Å². The van der Waals surface area contributed by atoms with Gasteiger partial charge in [-0.2, -0.15) is 4.98 Å². The maximum atomic E-state index is 4.61. The number of rotatable bonds is 7. The molecule has 1 heterocycles. The predicted molar refractivity (Wildman–Crippen MR) is 95.9 cm³/mol. The fraction of sp³-hybridized carbons (Fsp3) is 0.474. The topological polar surface area (TPSA) is 49.8 Å². The number of aromatic nitrogens is 2. The summed E-state index contributed by atoms with van der Waals surface area (Å²) < 4.78 is 0. The van der Waals surface area contributed by atoms with Gasteiger partial charge in [0, 0.05) is 24.3 Å². The first-order valence-corrected chi connectivity index (χ1v) is 8.69. The number of benzene rings is 1. The van der Waals surface area contributed by atoms with Gasteiger partial charge in [0.1, 0.15) is 5.82 Å². The van der Waals surface area contributed by atoms with Crippen LogP contribution in [-0.2, 0) is 6.42 Å². The van der Waals surface area contributed by atoms with E-state index in [4.69, 9.17) is 0 Å². The van der Waals surface area contributed by atoms with Gasteiger partial charge in [-0.1, -0.05) is 43.2 Å². The van der Waals surface area contributed by atoms with Crippen molar-refractivity contribution in [2.24, 2.45) is 0 Å². The Bertz CT molecular complexity index is 606. The second-order valence-electron chi connectivity index (χ2n) is 6.36.